The van der Waals surface area contributed by atoms with Crippen molar-refractivity contribution in [3.05, 3.63) is 0 Å². The van der Waals surface area contributed by atoms with E-state index in [9.17, 15) is 0 Å². The molecule has 13 heavy (non-hydrogen) atoms. The molecule has 1 saturated heterocycles. The summed E-state index contributed by atoms with van der Waals surface area (Å²) in [5, 5.41) is 0. The fourth-order valence-electron chi connectivity index (χ4n) is 3.16. The second-order valence-corrected chi connectivity index (χ2v) is 5.47. The normalized spacial score (nSPS) is 43.2. The van der Waals surface area contributed by atoms with Crippen LogP contribution in [0.5, 0.6) is 0 Å². The third-order valence-electron chi connectivity index (χ3n) is 3.82. The van der Waals surface area contributed by atoms with Gasteiger partial charge in [-0.1, -0.05) is 13.3 Å². The summed E-state index contributed by atoms with van der Waals surface area (Å²) in [6.07, 6.45) is 7.38. The lowest BCUT2D eigenvalue weighted by Gasteiger charge is -2.29. The third-order valence-corrected chi connectivity index (χ3v) is 3.82. The van der Waals surface area contributed by atoms with E-state index in [0.717, 1.165) is 11.8 Å². The average Bonchev–Trinajstić information content (AvgIpc) is 2.36. The van der Waals surface area contributed by atoms with Crippen LogP contribution < -0.4 is 0 Å². The molecule has 1 aliphatic carbocycles. The van der Waals surface area contributed by atoms with E-state index in [1.807, 2.05) is 0 Å². The van der Waals surface area contributed by atoms with Crippen LogP contribution in [0, 0.1) is 11.8 Å². The molecule has 0 spiro atoms. The molecular formula is C12H22O. The molecule has 2 unspecified atom stereocenters. The number of fused-ring (bicyclic) bond motifs is 1. The summed E-state index contributed by atoms with van der Waals surface area (Å²) < 4.78 is 6.05. The molecule has 1 nitrogen and oxygen atoms in total. The first-order valence-corrected chi connectivity index (χ1v) is 5.78. The Bertz CT molecular complexity index is 186. The van der Waals surface area contributed by atoms with Crippen molar-refractivity contribution in [3.8, 4) is 0 Å². The summed E-state index contributed by atoms with van der Waals surface area (Å²) in [7, 11) is 0. The van der Waals surface area contributed by atoms with E-state index in [2.05, 4.69) is 20.8 Å². The van der Waals surface area contributed by atoms with E-state index in [0.29, 0.717) is 6.10 Å². The number of hydrogen-bond donors (Lipinski definition) is 0. The molecule has 2 fully saturated rings. The molecule has 2 aliphatic rings. The van der Waals surface area contributed by atoms with Crippen LogP contribution in [-0.4, -0.2) is 11.7 Å². The van der Waals surface area contributed by atoms with Crippen molar-refractivity contribution < 1.29 is 4.74 Å². The zero-order valence-corrected chi connectivity index (χ0v) is 9.18. The topological polar surface area (TPSA) is 9.23 Å². The van der Waals surface area contributed by atoms with Crippen molar-refractivity contribution in [2.75, 3.05) is 0 Å². The molecule has 2 rings (SSSR count). The van der Waals surface area contributed by atoms with Crippen LogP contribution in [0.3, 0.4) is 0 Å². The molecule has 0 aromatic carbocycles. The Labute approximate surface area is 81.9 Å². The summed E-state index contributed by atoms with van der Waals surface area (Å²) in [4.78, 5) is 0. The highest BCUT2D eigenvalue weighted by atomic mass is 16.5. The Kier molecular flexibility index (Phi) is 2.39. The molecule has 0 amide bonds. The quantitative estimate of drug-likeness (QED) is 0.604. The van der Waals surface area contributed by atoms with E-state index in [4.69, 9.17) is 4.74 Å². The van der Waals surface area contributed by atoms with Crippen LogP contribution in [0.15, 0.2) is 0 Å². The van der Waals surface area contributed by atoms with Gasteiger partial charge in [0.15, 0.2) is 0 Å². The highest BCUT2D eigenvalue weighted by molar-refractivity contribution is 4.92. The van der Waals surface area contributed by atoms with E-state index in [1.54, 1.807) is 0 Å². The lowest BCUT2D eigenvalue weighted by molar-refractivity contribution is -0.0352. The summed E-state index contributed by atoms with van der Waals surface area (Å²) in [6.45, 7) is 6.81. The lowest BCUT2D eigenvalue weighted by Crippen LogP contribution is -2.25. The zero-order valence-electron chi connectivity index (χ0n) is 9.18. The van der Waals surface area contributed by atoms with Crippen molar-refractivity contribution in [1.82, 2.24) is 0 Å². The molecule has 0 N–H and O–H groups in total. The number of ether oxygens (including phenoxy) is 1. The van der Waals surface area contributed by atoms with Gasteiger partial charge in [-0.15, -0.1) is 0 Å². The van der Waals surface area contributed by atoms with Crippen molar-refractivity contribution in [2.24, 2.45) is 11.8 Å². The van der Waals surface area contributed by atoms with E-state index in [1.165, 1.54) is 32.1 Å². The van der Waals surface area contributed by atoms with Crippen LogP contribution in [0.25, 0.3) is 0 Å². The number of rotatable bonds is 1. The van der Waals surface area contributed by atoms with Gasteiger partial charge in [0, 0.05) is 0 Å². The Balaban J connectivity index is 1.98. The standard InChI is InChI=1S/C12H22O/c1-4-9-5-6-11-10(7-9)8-12(2,3)13-11/h9-11H,4-8H2,1-3H3/t9-,10?,11?/m0/s1. The highest BCUT2D eigenvalue weighted by Gasteiger charge is 2.42. The summed E-state index contributed by atoms with van der Waals surface area (Å²) in [5.41, 5.74) is 0.165. The van der Waals surface area contributed by atoms with Crippen LogP contribution in [0.4, 0.5) is 0 Å². The van der Waals surface area contributed by atoms with Crippen molar-refractivity contribution >= 4 is 0 Å². The maximum absolute atomic E-state index is 6.05. The molecule has 3 atom stereocenters. The second kappa shape index (κ2) is 3.27. The first-order valence-electron chi connectivity index (χ1n) is 5.78. The first-order chi connectivity index (χ1) is 6.11. The van der Waals surface area contributed by atoms with Gasteiger partial charge < -0.3 is 4.74 Å². The molecule has 0 radical (unpaired) electrons. The molecule has 0 aromatic rings. The number of hydrogen-bond acceptors (Lipinski definition) is 1. The average molecular weight is 182 g/mol. The maximum atomic E-state index is 6.05. The molecule has 1 aliphatic heterocycles. The fraction of sp³-hybridized carbons (Fsp3) is 1.00. The lowest BCUT2D eigenvalue weighted by atomic mass is 9.77. The summed E-state index contributed by atoms with van der Waals surface area (Å²) in [6, 6.07) is 0. The van der Waals surface area contributed by atoms with Crippen molar-refractivity contribution in [1.29, 1.82) is 0 Å². The van der Waals surface area contributed by atoms with Gasteiger partial charge in [0.25, 0.3) is 0 Å². The molecule has 76 valence electrons. The van der Waals surface area contributed by atoms with Gasteiger partial charge in [-0.3, -0.25) is 0 Å². The molecule has 1 heterocycles. The maximum Gasteiger partial charge on any atom is 0.0634 e. The zero-order chi connectivity index (χ0) is 9.47. The summed E-state index contributed by atoms with van der Waals surface area (Å²) >= 11 is 0. The van der Waals surface area contributed by atoms with E-state index >= 15 is 0 Å². The van der Waals surface area contributed by atoms with Gasteiger partial charge in [0.05, 0.1) is 11.7 Å². The Hall–Kier alpha value is -0.0400. The fourth-order valence-corrected chi connectivity index (χ4v) is 3.16. The minimum atomic E-state index is 0.165. The van der Waals surface area contributed by atoms with E-state index in [-0.39, 0.29) is 5.60 Å². The smallest absolute Gasteiger partial charge is 0.0634 e. The van der Waals surface area contributed by atoms with Crippen LogP contribution >= 0.6 is 0 Å². The monoisotopic (exact) mass is 182 g/mol. The van der Waals surface area contributed by atoms with Crippen molar-refractivity contribution in [3.63, 3.8) is 0 Å². The first kappa shape index (κ1) is 9.51. The summed E-state index contributed by atoms with van der Waals surface area (Å²) in [5.74, 6) is 1.85. The SMILES string of the molecule is CC[C@H]1CCC2OC(C)(C)CC2C1. The highest BCUT2D eigenvalue weighted by Crippen LogP contribution is 2.44. The largest absolute Gasteiger partial charge is 0.372 e. The molecule has 0 aromatic heterocycles. The predicted molar refractivity (Wildman–Crippen MR) is 54.7 cm³/mol. The van der Waals surface area contributed by atoms with Gasteiger partial charge in [-0.25, -0.2) is 0 Å². The van der Waals surface area contributed by atoms with Crippen LogP contribution in [0.1, 0.15) is 52.9 Å². The Morgan fingerprint density at radius 3 is 2.77 bits per heavy atom. The van der Waals surface area contributed by atoms with Crippen LogP contribution in [-0.2, 0) is 4.74 Å². The third kappa shape index (κ3) is 1.90. The minimum absolute atomic E-state index is 0.165. The van der Waals surface area contributed by atoms with Crippen molar-refractivity contribution in [2.45, 2.75) is 64.6 Å². The van der Waals surface area contributed by atoms with Gasteiger partial charge in [0.2, 0.25) is 0 Å². The van der Waals surface area contributed by atoms with E-state index < -0.39 is 0 Å². The van der Waals surface area contributed by atoms with Gasteiger partial charge >= 0.3 is 0 Å². The molecule has 0 bridgehead atoms. The molecule has 1 heteroatoms. The van der Waals surface area contributed by atoms with Gasteiger partial charge in [-0.05, 0) is 51.4 Å². The molecular weight excluding hydrogens is 160 g/mol. The van der Waals surface area contributed by atoms with Gasteiger partial charge in [-0.2, -0.15) is 0 Å². The second-order valence-electron chi connectivity index (χ2n) is 5.47. The Morgan fingerprint density at radius 1 is 1.31 bits per heavy atom. The predicted octanol–water partition coefficient (Wildman–Crippen LogP) is 3.38. The minimum Gasteiger partial charge on any atom is -0.372 e. The Morgan fingerprint density at radius 2 is 2.08 bits per heavy atom. The van der Waals surface area contributed by atoms with Gasteiger partial charge in [0.1, 0.15) is 0 Å². The molecule has 1 saturated carbocycles. The van der Waals surface area contributed by atoms with Crippen LogP contribution in [0.2, 0.25) is 0 Å².